The molecular weight excluding hydrogens is 371 g/mol. The van der Waals surface area contributed by atoms with Crippen LogP contribution in [0.2, 0.25) is 10.0 Å². The van der Waals surface area contributed by atoms with Crippen molar-refractivity contribution in [3.8, 4) is 0 Å². The van der Waals surface area contributed by atoms with E-state index < -0.39 is 0 Å². The Balaban J connectivity index is 1.80. The number of quaternary nitrogens is 1. The van der Waals surface area contributed by atoms with Gasteiger partial charge in [-0.1, -0.05) is 53.5 Å². The topological polar surface area (TPSA) is 42.8 Å². The molecule has 26 heavy (non-hydrogen) atoms. The SMILES string of the molecule is C[C@H](NC(=O)c1ccc(Cl)cc1Cl)[C@H](c1ccccc1)[NH+]1CCOCC1. The molecule has 4 nitrogen and oxygen atoms in total. The predicted octanol–water partition coefficient (Wildman–Crippen LogP) is 2.77. The van der Waals surface area contributed by atoms with Gasteiger partial charge in [-0.15, -0.1) is 0 Å². The van der Waals surface area contributed by atoms with Gasteiger partial charge in [-0.05, 0) is 25.1 Å². The van der Waals surface area contributed by atoms with E-state index in [9.17, 15) is 4.79 Å². The number of carbonyl (C=O) groups is 1. The molecule has 3 rings (SSSR count). The van der Waals surface area contributed by atoms with E-state index in [0.29, 0.717) is 15.6 Å². The minimum absolute atomic E-state index is 0.0651. The number of hydrogen-bond donors (Lipinski definition) is 2. The Morgan fingerprint density at radius 3 is 2.46 bits per heavy atom. The zero-order chi connectivity index (χ0) is 18.5. The first-order valence-corrected chi connectivity index (χ1v) is 9.55. The molecule has 1 aliphatic heterocycles. The Kier molecular flexibility index (Phi) is 6.54. The zero-order valence-electron chi connectivity index (χ0n) is 14.7. The van der Waals surface area contributed by atoms with Gasteiger partial charge in [0.25, 0.3) is 5.91 Å². The lowest BCUT2D eigenvalue weighted by Gasteiger charge is -2.35. The normalized spacial score (nSPS) is 17.5. The molecule has 1 fully saturated rings. The summed E-state index contributed by atoms with van der Waals surface area (Å²) in [7, 11) is 0. The summed E-state index contributed by atoms with van der Waals surface area (Å²) in [5.41, 5.74) is 1.64. The molecule has 2 N–H and O–H groups in total. The van der Waals surface area contributed by atoms with Gasteiger partial charge in [-0.2, -0.15) is 0 Å². The van der Waals surface area contributed by atoms with Crippen molar-refractivity contribution in [1.82, 2.24) is 5.32 Å². The van der Waals surface area contributed by atoms with Gasteiger partial charge in [0.05, 0.1) is 29.8 Å². The van der Waals surface area contributed by atoms with Crippen molar-refractivity contribution in [2.45, 2.75) is 19.0 Å². The molecule has 138 valence electrons. The monoisotopic (exact) mass is 393 g/mol. The zero-order valence-corrected chi connectivity index (χ0v) is 16.2. The molecule has 0 radical (unpaired) electrons. The number of rotatable bonds is 5. The third-order valence-corrected chi connectivity index (χ3v) is 5.32. The number of ether oxygens (including phenoxy) is 1. The Hall–Kier alpha value is -1.59. The van der Waals surface area contributed by atoms with Gasteiger partial charge in [0, 0.05) is 10.6 Å². The van der Waals surface area contributed by atoms with Gasteiger partial charge < -0.3 is 15.0 Å². The van der Waals surface area contributed by atoms with Gasteiger partial charge in [-0.3, -0.25) is 4.79 Å². The van der Waals surface area contributed by atoms with Crippen LogP contribution in [-0.2, 0) is 4.74 Å². The van der Waals surface area contributed by atoms with Crippen LogP contribution >= 0.6 is 23.2 Å². The number of benzene rings is 2. The molecule has 1 heterocycles. The van der Waals surface area contributed by atoms with Crippen LogP contribution in [0.15, 0.2) is 48.5 Å². The lowest BCUT2D eigenvalue weighted by atomic mass is 9.97. The Labute approximate surface area is 164 Å². The molecule has 0 unspecified atom stereocenters. The number of nitrogens with one attached hydrogen (secondary N) is 2. The third kappa shape index (κ3) is 4.57. The standard InChI is InChI=1S/C20H22Cl2N2O2/c1-14(23-20(25)17-8-7-16(21)13-18(17)22)19(15-5-3-2-4-6-15)24-9-11-26-12-10-24/h2-8,13-14,19H,9-12H2,1H3,(H,23,25)/p+1/t14-,19+/m0/s1. The van der Waals surface area contributed by atoms with E-state index in [4.69, 9.17) is 27.9 Å². The van der Waals surface area contributed by atoms with Gasteiger partial charge in [0.15, 0.2) is 0 Å². The number of hydrogen-bond acceptors (Lipinski definition) is 2. The Bertz CT molecular complexity index is 749. The maximum Gasteiger partial charge on any atom is 0.253 e. The molecule has 0 spiro atoms. The van der Waals surface area contributed by atoms with E-state index >= 15 is 0 Å². The van der Waals surface area contributed by atoms with Crippen molar-refractivity contribution in [2.24, 2.45) is 0 Å². The number of amides is 1. The fourth-order valence-electron chi connectivity index (χ4n) is 3.52. The maximum absolute atomic E-state index is 12.7. The number of carbonyl (C=O) groups excluding carboxylic acids is 1. The fraction of sp³-hybridized carbons (Fsp3) is 0.350. The molecule has 1 saturated heterocycles. The van der Waals surface area contributed by atoms with Crippen LogP contribution in [0.3, 0.4) is 0 Å². The second-order valence-electron chi connectivity index (χ2n) is 6.55. The van der Waals surface area contributed by atoms with Gasteiger partial charge in [-0.25, -0.2) is 0 Å². The summed E-state index contributed by atoms with van der Waals surface area (Å²) in [6.45, 7) is 5.36. The third-order valence-electron chi connectivity index (χ3n) is 4.77. The lowest BCUT2D eigenvalue weighted by molar-refractivity contribution is -0.940. The quantitative estimate of drug-likeness (QED) is 0.819. The second kappa shape index (κ2) is 8.87. The van der Waals surface area contributed by atoms with E-state index in [0.717, 1.165) is 26.3 Å². The van der Waals surface area contributed by atoms with Crippen molar-refractivity contribution in [2.75, 3.05) is 26.3 Å². The van der Waals surface area contributed by atoms with Crippen LogP contribution in [0, 0.1) is 0 Å². The maximum atomic E-state index is 12.7. The van der Waals surface area contributed by atoms with E-state index in [1.807, 2.05) is 25.1 Å². The highest BCUT2D eigenvalue weighted by Crippen LogP contribution is 2.22. The van der Waals surface area contributed by atoms with E-state index in [1.54, 1.807) is 18.2 Å². The summed E-state index contributed by atoms with van der Waals surface area (Å²) in [4.78, 5) is 14.1. The molecule has 0 bridgehead atoms. The fourth-order valence-corrected chi connectivity index (χ4v) is 4.02. The second-order valence-corrected chi connectivity index (χ2v) is 7.39. The van der Waals surface area contributed by atoms with Crippen LogP contribution in [-0.4, -0.2) is 38.3 Å². The molecule has 0 aromatic heterocycles. The molecule has 0 aliphatic carbocycles. The molecule has 0 saturated carbocycles. The molecule has 6 heteroatoms. The summed E-state index contributed by atoms with van der Waals surface area (Å²) in [5, 5.41) is 4.00. The predicted molar refractivity (Wildman–Crippen MR) is 104 cm³/mol. The first-order valence-electron chi connectivity index (χ1n) is 8.79. The van der Waals surface area contributed by atoms with Crippen molar-refractivity contribution in [3.63, 3.8) is 0 Å². The smallest absolute Gasteiger partial charge is 0.253 e. The summed E-state index contributed by atoms with van der Waals surface area (Å²) >= 11 is 12.1. The number of morpholine rings is 1. The summed E-state index contributed by atoms with van der Waals surface area (Å²) in [5.74, 6) is -0.187. The van der Waals surface area contributed by atoms with E-state index in [2.05, 4.69) is 17.4 Å². The van der Waals surface area contributed by atoms with E-state index in [-0.39, 0.29) is 18.0 Å². The summed E-state index contributed by atoms with van der Waals surface area (Å²) in [6.07, 6.45) is 0. The van der Waals surface area contributed by atoms with Gasteiger partial charge >= 0.3 is 0 Å². The van der Waals surface area contributed by atoms with Crippen LogP contribution < -0.4 is 10.2 Å². The molecular formula is C20H23Cl2N2O2+. The largest absolute Gasteiger partial charge is 0.370 e. The van der Waals surface area contributed by atoms with Crippen LogP contribution in [0.5, 0.6) is 0 Å². The van der Waals surface area contributed by atoms with Crippen LogP contribution in [0.1, 0.15) is 28.9 Å². The molecule has 1 aliphatic rings. The number of halogens is 2. The van der Waals surface area contributed by atoms with Crippen molar-refractivity contribution in [1.29, 1.82) is 0 Å². The average molecular weight is 394 g/mol. The minimum Gasteiger partial charge on any atom is -0.370 e. The minimum atomic E-state index is -0.187. The van der Waals surface area contributed by atoms with Gasteiger partial charge in [0.1, 0.15) is 19.1 Å². The van der Waals surface area contributed by atoms with Crippen molar-refractivity contribution in [3.05, 3.63) is 69.7 Å². The average Bonchev–Trinajstić information content (AvgIpc) is 2.63. The highest BCUT2D eigenvalue weighted by atomic mass is 35.5. The molecule has 2 aromatic rings. The van der Waals surface area contributed by atoms with Crippen LogP contribution in [0.4, 0.5) is 0 Å². The molecule has 2 aromatic carbocycles. The van der Waals surface area contributed by atoms with Crippen LogP contribution in [0.25, 0.3) is 0 Å². The summed E-state index contributed by atoms with van der Waals surface area (Å²) in [6, 6.07) is 15.3. The van der Waals surface area contributed by atoms with E-state index in [1.165, 1.54) is 10.5 Å². The highest BCUT2D eigenvalue weighted by Gasteiger charge is 2.32. The first-order chi connectivity index (χ1) is 12.6. The lowest BCUT2D eigenvalue weighted by Crippen LogP contribution is -3.15. The van der Waals surface area contributed by atoms with Crippen molar-refractivity contribution >= 4 is 29.1 Å². The highest BCUT2D eigenvalue weighted by molar-refractivity contribution is 6.36. The summed E-state index contributed by atoms with van der Waals surface area (Å²) < 4.78 is 5.50. The van der Waals surface area contributed by atoms with Gasteiger partial charge in [0.2, 0.25) is 0 Å². The molecule has 2 atom stereocenters. The van der Waals surface area contributed by atoms with Crippen molar-refractivity contribution < 1.29 is 14.4 Å². The molecule has 1 amide bonds. The first kappa shape index (κ1) is 19.2. The Morgan fingerprint density at radius 1 is 1.12 bits per heavy atom. The Morgan fingerprint density at radius 2 is 1.81 bits per heavy atom.